The third kappa shape index (κ3) is 5.66. The van der Waals surface area contributed by atoms with Crippen LogP contribution >= 0.6 is 11.3 Å². The number of aromatic nitrogens is 2. The Hall–Kier alpha value is -3.17. The Balaban J connectivity index is 1.45. The zero-order valence-corrected chi connectivity index (χ0v) is 20.7. The van der Waals surface area contributed by atoms with Gasteiger partial charge < -0.3 is 24.6 Å². The molecule has 1 atom stereocenters. The zero-order chi connectivity index (χ0) is 23.9. The lowest BCUT2D eigenvalue weighted by Gasteiger charge is -2.22. The molecule has 180 valence electrons. The summed E-state index contributed by atoms with van der Waals surface area (Å²) in [5.41, 5.74) is 1.54. The summed E-state index contributed by atoms with van der Waals surface area (Å²) in [7, 11) is 3.88. The van der Waals surface area contributed by atoms with Crippen LogP contribution in [0.25, 0.3) is 0 Å². The summed E-state index contributed by atoms with van der Waals surface area (Å²) in [6, 6.07) is 12.5. The van der Waals surface area contributed by atoms with Gasteiger partial charge in [-0.25, -0.2) is 4.98 Å². The van der Waals surface area contributed by atoms with Gasteiger partial charge in [-0.2, -0.15) is 4.98 Å². The highest BCUT2D eigenvalue weighted by atomic mass is 32.1. The molecule has 0 saturated carbocycles. The van der Waals surface area contributed by atoms with Gasteiger partial charge in [0.15, 0.2) is 0 Å². The molecule has 3 heterocycles. The number of likely N-dealkylation sites (N-methyl/N-ethyl adjacent to an activating group) is 1. The molecule has 0 radical (unpaired) electrons. The molecule has 1 amide bonds. The lowest BCUT2D eigenvalue weighted by Crippen LogP contribution is -2.33. The Morgan fingerprint density at radius 3 is 2.74 bits per heavy atom. The maximum atomic E-state index is 13.2. The van der Waals surface area contributed by atoms with Crippen molar-refractivity contribution in [2.45, 2.75) is 26.0 Å². The smallest absolute Gasteiger partial charge is 0.318 e. The topological polar surface area (TPSA) is 79.8 Å². The average Bonchev–Trinajstić information content (AvgIpc) is 3.36. The SMILES string of the molecule is CCOc1ncc2c(n1)N(C)CCN(Cc1ccc(OC(CCNC)c3cccs3)cc1)C2=O. The average molecular weight is 482 g/mol. The van der Waals surface area contributed by atoms with Gasteiger partial charge in [-0.1, -0.05) is 18.2 Å². The van der Waals surface area contributed by atoms with Crippen molar-refractivity contribution in [1.29, 1.82) is 0 Å². The molecule has 8 nitrogen and oxygen atoms in total. The molecule has 0 saturated heterocycles. The van der Waals surface area contributed by atoms with E-state index in [2.05, 4.69) is 32.8 Å². The molecule has 1 aliphatic heterocycles. The number of amides is 1. The molecule has 34 heavy (non-hydrogen) atoms. The summed E-state index contributed by atoms with van der Waals surface area (Å²) in [4.78, 5) is 26.9. The van der Waals surface area contributed by atoms with Gasteiger partial charge in [0.05, 0.1) is 6.61 Å². The van der Waals surface area contributed by atoms with E-state index in [1.807, 2.05) is 55.1 Å². The van der Waals surface area contributed by atoms with Gasteiger partial charge in [-0.05, 0) is 49.7 Å². The predicted molar refractivity (Wildman–Crippen MR) is 134 cm³/mol. The van der Waals surface area contributed by atoms with Crippen molar-refractivity contribution in [1.82, 2.24) is 20.2 Å². The zero-order valence-electron chi connectivity index (χ0n) is 19.9. The number of hydrogen-bond donors (Lipinski definition) is 1. The lowest BCUT2D eigenvalue weighted by molar-refractivity contribution is 0.0754. The highest BCUT2D eigenvalue weighted by Crippen LogP contribution is 2.29. The third-order valence-electron chi connectivity index (χ3n) is 5.70. The van der Waals surface area contributed by atoms with Gasteiger partial charge in [0.1, 0.15) is 23.2 Å². The molecule has 0 aliphatic carbocycles. The van der Waals surface area contributed by atoms with E-state index in [1.165, 1.54) is 4.88 Å². The first-order valence-electron chi connectivity index (χ1n) is 11.5. The van der Waals surface area contributed by atoms with Crippen molar-refractivity contribution in [2.75, 3.05) is 45.2 Å². The standard InChI is InChI=1S/C25H31N5O3S/c1-4-32-25-27-16-20-23(28-25)29(3)13-14-30(24(20)31)17-18-7-9-19(10-8-18)33-21(11-12-26-2)22-6-5-15-34-22/h5-10,15-16,21,26H,4,11-14,17H2,1-3H3. The fourth-order valence-corrected chi connectivity index (χ4v) is 4.65. The first kappa shape index (κ1) is 24.0. The predicted octanol–water partition coefficient (Wildman–Crippen LogP) is 3.76. The number of rotatable bonds is 10. The molecule has 2 aromatic heterocycles. The van der Waals surface area contributed by atoms with Gasteiger partial charge in [-0.15, -0.1) is 11.3 Å². The van der Waals surface area contributed by atoms with Crippen LogP contribution in [0.4, 0.5) is 5.82 Å². The van der Waals surface area contributed by atoms with Crippen LogP contribution in [-0.2, 0) is 6.54 Å². The Kier molecular flexibility index (Phi) is 7.97. The molecule has 9 heteroatoms. The monoisotopic (exact) mass is 481 g/mol. The molecule has 4 rings (SSSR count). The molecule has 0 bridgehead atoms. The van der Waals surface area contributed by atoms with Crippen LogP contribution in [0.15, 0.2) is 48.0 Å². The fraction of sp³-hybridized carbons (Fsp3) is 0.400. The second-order valence-corrected chi connectivity index (χ2v) is 9.11. The number of nitrogens with zero attached hydrogens (tertiary/aromatic N) is 4. The number of anilines is 1. The molecule has 1 unspecified atom stereocenters. The molecule has 0 fully saturated rings. The summed E-state index contributed by atoms with van der Waals surface area (Å²) in [6.07, 6.45) is 2.47. The van der Waals surface area contributed by atoms with Crippen LogP contribution in [0, 0.1) is 0 Å². The van der Waals surface area contributed by atoms with E-state index < -0.39 is 0 Å². The summed E-state index contributed by atoms with van der Waals surface area (Å²) in [5.74, 6) is 1.35. The summed E-state index contributed by atoms with van der Waals surface area (Å²) in [5, 5.41) is 5.27. The molecular weight excluding hydrogens is 450 g/mol. The van der Waals surface area contributed by atoms with Crippen LogP contribution in [0.2, 0.25) is 0 Å². The third-order valence-corrected chi connectivity index (χ3v) is 6.66. The summed E-state index contributed by atoms with van der Waals surface area (Å²) in [6.45, 7) is 5.02. The minimum Gasteiger partial charge on any atom is -0.485 e. The van der Waals surface area contributed by atoms with E-state index in [1.54, 1.807) is 17.5 Å². The van der Waals surface area contributed by atoms with Gasteiger partial charge >= 0.3 is 6.01 Å². The highest BCUT2D eigenvalue weighted by molar-refractivity contribution is 7.10. The van der Waals surface area contributed by atoms with Crippen molar-refractivity contribution in [3.05, 3.63) is 64.0 Å². The number of hydrogen-bond acceptors (Lipinski definition) is 8. The Bertz CT molecular complexity index is 1070. The Labute approximate surface area is 204 Å². The van der Waals surface area contributed by atoms with Gasteiger partial charge in [0.25, 0.3) is 5.91 Å². The van der Waals surface area contributed by atoms with Crippen molar-refractivity contribution >= 4 is 23.1 Å². The number of carbonyl (C=O) groups is 1. The molecule has 1 aromatic carbocycles. The molecule has 1 N–H and O–H groups in total. The van der Waals surface area contributed by atoms with Gasteiger partial charge in [0, 0.05) is 44.2 Å². The van der Waals surface area contributed by atoms with Crippen molar-refractivity contribution in [2.24, 2.45) is 0 Å². The first-order chi connectivity index (χ1) is 16.6. The highest BCUT2D eigenvalue weighted by Gasteiger charge is 2.27. The van der Waals surface area contributed by atoms with Crippen molar-refractivity contribution < 1.29 is 14.3 Å². The maximum Gasteiger partial charge on any atom is 0.318 e. The van der Waals surface area contributed by atoms with E-state index in [-0.39, 0.29) is 12.0 Å². The minimum atomic E-state index is -0.0763. The number of ether oxygens (including phenoxy) is 2. The first-order valence-corrected chi connectivity index (χ1v) is 12.4. The minimum absolute atomic E-state index is 0.0131. The van der Waals surface area contributed by atoms with Crippen LogP contribution in [0.1, 0.15) is 40.2 Å². The van der Waals surface area contributed by atoms with Crippen LogP contribution in [0.5, 0.6) is 11.8 Å². The molecule has 1 aliphatic rings. The quantitative estimate of drug-likeness (QED) is 0.472. The van der Waals surface area contributed by atoms with Crippen LogP contribution in [0.3, 0.4) is 0 Å². The van der Waals surface area contributed by atoms with E-state index in [0.717, 1.165) is 24.3 Å². The van der Waals surface area contributed by atoms with E-state index in [0.29, 0.717) is 43.6 Å². The number of nitrogens with one attached hydrogen (secondary N) is 1. The van der Waals surface area contributed by atoms with Gasteiger partial charge in [0.2, 0.25) is 0 Å². The van der Waals surface area contributed by atoms with Gasteiger partial charge in [-0.3, -0.25) is 4.79 Å². The van der Waals surface area contributed by atoms with E-state index in [4.69, 9.17) is 9.47 Å². The molecule has 0 spiro atoms. The van der Waals surface area contributed by atoms with Crippen molar-refractivity contribution in [3.8, 4) is 11.8 Å². The second-order valence-electron chi connectivity index (χ2n) is 8.13. The normalized spacial score (nSPS) is 14.5. The maximum absolute atomic E-state index is 13.2. The second kappa shape index (κ2) is 11.3. The van der Waals surface area contributed by atoms with Crippen molar-refractivity contribution in [3.63, 3.8) is 0 Å². The molecular formula is C25H31N5O3S. The van der Waals surface area contributed by atoms with Crippen LogP contribution < -0.4 is 19.7 Å². The lowest BCUT2D eigenvalue weighted by atomic mass is 10.1. The van der Waals surface area contributed by atoms with Crippen LogP contribution in [-0.4, -0.2) is 61.1 Å². The fourth-order valence-electron chi connectivity index (χ4n) is 3.86. The number of fused-ring (bicyclic) bond motifs is 1. The summed E-state index contributed by atoms with van der Waals surface area (Å²) >= 11 is 1.71. The summed E-state index contributed by atoms with van der Waals surface area (Å²) < 4.78 is 11.7. The number of carbonyl (C=O) groups excluding carboxylic acids is 1. The number of thiophene rings is 1. The Morgan fingerprint density at radius 1 is 1.21 bits per heavy atom. The number of benzene rings is 1. The Morgan fingerprint density at radius 2 is 2.03 bits per heavy atom. The van der Waals surface area contributed by atoms with E-state index in [9.17, 15) is 4.79 Å². The molecule has 3 aromatic rings. The largest absolute Gasteiger partial charge is 0.485 e. The van der Waals surface area contributed by atoms with E-state index >= 15 is 0 Å².